The van der Waals surface area contributed by atoms with Crippen LogP contribution in [-0.4, -0.2) is 10.8 Å². The fourth-order valence-electron chi connectivity index (χ4n) is 3.94. The standard InChI is InChI=1S/C26H19NO2/c1-16-10-9-15-20-23(16)27-17(2)21-22(18-11-5-3-6-12-18)26(29-25(20)21)24(28)19-13-7-4-8-14-19/h3-15H,1-2H3. The van der Waals surface area contributed by atoms with E-state index in [1.807, 2.05) is 92.7 Å². The summed E-state index contributed by atoms with van der Waals surface area (Å²) < 4.78 is 6.33. The SMILES string of the molecule is Cc1cccc2c1nc(C)c1c(-c3ccccc3)c(C(=O)c3ccccc3)oc12. The van der Waals surface area contributed by atoms with Crippen LogP contribution in [0.15, 0.2) is 83.3 Å². The highest BCUT2D eigenvalue weighted by Crippen LogP contribution is 2.40. The van der Waals surface area contributed by atoms with Crippen LogP contribution in [0.5, 0.6) is 0 Å². The maximum absolute atomic E-state index is 13.4. The summed E-state index contributed by atoms with van der Waals surface area (Å²) in [5.41, 5.74) is 5.93. The van der Waals surface area contributed by atoms with E-state index >= 15 is 0 Å². The van der Waals surface area contributed by atoms with E-state index in [1.165, 1.54) is 0 Å². The van der Waals surface area contributed by atoms with Gasteiger partial charge in [-0.1, -0.05) is 72.8 Å². The van der Waals surface area contributed by atoms with Gasteiger partial charge in [0.25, 0.3) is 0 Å². The zero-order valence-electron chi connectivity index (χ0n) is 16.3. The lowest BCUT2D eigenvalue weighted by Crippen LogP contribution is -2.01. The Balaban J connectivity index is 1.92. The van der Waals surface area contributed by atoms with E-state index in [9.17, 15) is 4.79 Å². The van der Waals surface area contributed by atoms with Crippen molar-refractivity contribution in [1.82, 2.24) is 4.98 Å². The molecule has 2 heterocycles. The zero-order chi connectivity index (χ0) is 20.0. The Hall–Kier alpha value is -3.72. The lowest BCUT2D eigenvalue weighted by molar-refractivity contribution is 0.101. The monoisotopic (exact) mass is 377 g/mol. The van der Waals surface area contributed by atoms with E-state index in [0.717, 1.165) is 38.7 Å². The molecule has 0 atom stereocenters. The first-order chi connectivity index (χ1) is 14.1. The molecule has 0 aliphatic carbocycles. The van der Waals surface area contributed by atoms with Crippen LogP contribution in [0.2, 0.25) is 0 Å². The highest BCUT2D eigenvalue weighted by molar-refractivity contribution is 6.19. The third kappa shape index (κ3) is 2.74. The largest absolute Gasteiger partial charge is 0.451 e. The number of ketones is 1. The molecular formula is C26H19NO2. The molecule has 0 spiro atoms. The van der Waals surface area contributed by atoms with Gasteiger partial charge in [0.2, 0.25) is 5.78 Å². The third-order valence-corrected chi connectivity index (χ3v) is 5.34. The van der Waals surface area contributed by atoms with Crippen LogP contribution in [0.3, 0.4) is 0 Å². The van der Waals surface area contributed by atoms with Gasteiger partial charge >= 0.3 is 0 Å². The number of rotatable bonds is 3. The summed E-state index contributed by atoms with van der Waals surface area (Å²) in [5, 5.41) is 1.82. The molecule has 0 amide bonds. The second-order valence-corrected chi connectivity index (χ2v) is 7.24. The number of carbonyl (C=O) groups excluding carboxylic acids is 1. The number of aryl methyl sites for hydroxylation is 2. The minimum absolute atomic E-state index is 0.124. The van der Waals surface area contributed by atoms with E-state index in [-0.39, 0.29) is 5.78 Å². The molecular weight excluding hydrogens is 358 g/mol. The van der Waals surface area contributed by atoms with E-state index in [1.54, 1.807) is 0 Å². The van der Waals surface area contributed by atoms with Gasteiger partial charge in [-0.05, 0) is 31.0 Å². The first-order valence-corrected chi connectivity index (χ1v) is 9.62. The van der Waals surface area contributed by atoms with Crippen molar-refractivity contribution in [2.75, 3.05) is 0 Å². The lowest BCUT2D eigenvalue weighted by Gasteiger charge is -2.06. The molecule has 2 aromatic heterocycles. The molecule has 0 bridgehead atoms. The molecule has 0 saturated carbocycles. The maximum atomic E-state index is 13.4. The molecule has 0 aliphatic heterocycles. The van der Waals surface area contributed by atoms with Gasteiger partial charge in [0, 0.05) is 22.2 Å². The number of para-hydroxylation sites is 1. The van der Waals surface area contributed by atoms with Crippen LogP contribution in [0, 0.1) is 13.8 Å². The smallest absolute Gasteiger partial charge is 0.228 e. The fourth-order valence-corrected chi connectivity index (χ4v) is 3.94. The number of nitrogens with zero attached hydrogens (tertiary/aromatic N) is 1. The first-order valence-electron chi connectivity index (χ1n) is 9.62. The summed E-state index contributed by atoms with van der Waals surface area (Å²) >= 11 is 0. The number of benzene rings is 3. The van der Waals surface area contributed by atoms with Crippen LogP contribution in [0.25, 0.3) is 33.0 Å². The van der Waals surface area contributed by atoms with E-state index in [4.69, 9.17) is 9.40 Å². The number of fused-ring (bicyclic) bond motifs is 3. The number of carbonyl (C=O) groups is 1. The van der Waals surface area contributed by atoms with Gasteiger partial charge in [0.1, 0.15) is 5.58 Å². The van der Waals surface area contributed by atoms with Gasteiger partial charge < -0.3 is 4.42 Å². The molecule has 3 aromatic carbocycles. The van der Waals surface area contributed by atoms with Gasteiger partial charge in [-0.25, -0.2) is 0 Å². The Morgan fingerprint density at radius 3 is 2.24 bits per heavy atom. The molecule has 0 N–H and O–H groups in total. The van der Waals surface area contributed by atoms with E-state index in [0.29, 0.717) is 16.9 Å². The highest BCUT2D eigenvalue weighted by atomic mass is 16.3. The van der Waals surface area contributed by atoms with Crippen molar-refractivity contribution in [3.63, 3.8) is 0 Å². The van der Waals surface area contributed by atoms with Gasteiger partial charge in [0.15, 0.2) is 5.76 Å². The number of furan rings is 1. The molecule has 3 nitrogen and oxygen atoms in total. The molecule has 5 rings (SSSR count). The summed E-state index contributed by atoms with van der Waals surface area (Å²) in [4.78, 5) is 18.3. The predicted molar refractivity (Wildman–Crippen MR) is 116 cm³/mol. The second kappa shape index (κ2) is 6.71. The minimum Gasteiger partial charge on any atom is -0.451 e. The molecule has 29 heavy (non-hydrogen) atoms. The van der Waals surface area contributed by atoms with Gasteiger partial charge in [0.05, 0.1) is 10.9 Å². The van der Waals surface area contributed by atoms with Gasteiger partial charge in [-0.15, -0.1) is 0 Å². The van der Waals surface area contributed by atoms with Crippen molar-refractivity contribution in [3.05, 3.63) is 101 Å². The van der Waals surface area contributed by atoms with Crippen LogP contribution >= 0.6 is 0 Å². The quantitative estimate of drug-likeness (QED) is 0.337. The van der Waals surface area contributed by atoms with E-state index < -0.39 is 0 Å². The fraction of sp³-hybridized carbons (Fsp3) is 0.0769. The van der Waals surface area contributed by atoms with Crippen molar-refractivity contribution in [2.45, 2.75) is 13.8 Å². The highest BCUT2D eigenvalue weighted by Gasteiger charge is 2.26. The van der Waals surface area contributed by atoms with Crippen LogP contribution in [0.4, 0.5) is 0 Å². The van der Waals surface area contributed by atoms with Gasteiger partial charge in [-0.3, -0.25) is 9.78 Å². The predicted octanol–water partition coefficient (Wildman–Crippen LogP) is 6.50. The molecule has 0 fully saturated rings. The molecule has 0 radical (unpaired) electrons. The summed E-state index contributed by atoms with van der Waals surface area (Å²) in [6, 6.07) is 25.2. The van der Waals surface area contributed by atoms with Crippen molar-refractivity contribution in [1.29, 1.82) is 0 Å². The Kier molecular flexibility index (Phi) is 4.02. The van der Waals surface area contributed by atoms with Crippen molar-refractivity contribution < 1.29 is 9.21 Å². The number of aromatic nitrogens is 1. The zero-order valence-corrected chi connectivity index (χ0v) is 16.3. The van der Waals surface area contributed by atoms with E-state index in [2.05, 4.69) is 0 Å². The molecule has 0 saturated heterocycles. The Morgan fingerprint density at radius 2 is 1.52 bits per heavy atom. The van der Waals surface area contributed by atoms with Crippen LogP contribution < -0.4 is 0 Å². The molecule has 140 valence electrons. The average Bonchev–Trinajstić information content (AvgIpc) is 3.17. The van der Waals surface area contributed by atoms with Crippen molar-refractivity contribution >= 4 is 27.7 Å². The number of pyridine rings is 1. The topological polar surface area (TPSA) is 43.1 Å². The van der Waals surface area contributed by atoms with Crippen LogP contribution in [0.1, 0.15) is 27.4 Å². The first kappa shape index (κ1) is 17.4. The van der Waals surface area contributed by atoms with Crippen molar-refractivity contribution in [3.8, 4) is 11.1 Å². The van der Waals surface area contributed by atoms with Gasteiger partial charge in [-0.2, -0.15) is 0 Å². The molecule has 3 heteroatoms. The Bertz CT molecular complexity index is 1370. The minimum atomic E-state index is -0.124. The number of hydrogen-bond acceptors (Lipinski definition) is 3. The maximum Gasteiger partial charge on any atom is 0.228 e. The Labute approximate surface area is 168 Å². The summed E-state index contributed by atoms with van der Waals surface area (Å²) in [6.07, 6.45) is 0. The molecule has 0 unspecified atom stereocenters. The van der Waals surface area contributed by atoms with Crippen LogP contribution in [-0.2, 0) is 0 Å². The lowest BCUT2D eigenvalue weighted by atomic mass is 9.96. The summed E-state index contributed by atoms with van der Waals surface area (Å²) in [5.74, 6) is 0.233. The summed E-state index contributed by atoms with van der Waals surface area (Å²) in [6.45, 7) is 4.02. The molecule has 5 aromatic rings. The average molecular weight is 377 g/mol. The normalized spacial score (nSPS) is 11.2. The third-order valence-electron chi connectivity index (χ3n) is 5.34. The second-order valence-electron chi connectivity index (χ2n) is 7.24. The summed E-state index contributed by atoms with van der Waals surface area (Å²) in [7, 11) is 0. The molecule has 0 aliphatic rings. The number of hydrogen-bond donors (Lipinski definition) is 0. The van der Waals surface area contributed by atoms with Crippen molar-refractivity contribution in [2.24, 2.45) is 0 Å². The Morgan fingerprint density at radius 1 is 0.828 bits per heavy atom.